The Balaban J connectivity index is 1.62. The van der Waals surface area contributed by atoms with Gasteiger partial charge in [0.25, 0.3) is 0 Å². The van der Waals surface area contributed by atoms with Crippen molar-refractivity contribution in [2.75, 3.05) is 32.7 Å². The molecular weight excluding hydrogens is 276 g/mol. The SMILES string of the molecule is CCN(CC)CCN1CCCC[C@@H]1c1nnc(C2CCC2)o1. The highest BCUT2D eigenvalue weighted by atomic mass is 16.4. The van der Waals surface area contributed by atoms with Gasteiger partial charge in [0, 0.05) is 19.0 Å². The van der Waals surface area contributed by atoms with Crippen molar-refractivity contribution in [3.05, 3.63) is 11.8 Å². The summed E-state index contributed by atoms with van der Waals surface area (Å²) in [6.45, 7) is 10.1. The highest BCUT2D eigenvalue weighted by Gasteiger charge is 2.31. The van der Waals surface area contributed by atoms with E-state index in [1.54, 1.807) is 0 Å². The normalized spacial score (nSPS) is 23.9. The van der Waals surface area contributed by atoms with Gasteiger partial charge >= 0.3 is 0 Å². The highest BCUT2D eigenvalue weighted by Crippen LogP contribution is 2.37. The van der Waals surface area contributed by atoms with E-state index in [1.807, 2.05) is 0 Å². The first kappa shape index (κ1) is 15.9. The predicted molar refractivity (Wildman–Crippen MR) is 86.8 cm³/mol. The second-order valence-electron chi connectivity index (χ2n) is 6.68. The molecule has 0 spiro atoms. The van der Waals surface area contributed by atoms with Crippen LogP contribution < -0.4 is 0 Å². The van der Waals surface area contributed by atoms with Crippen molar-refractivity contribution in [3.63, 3.8) is 0 Å². The number of rotatable bonds is 7. The van der Waals surface area contributed by atoms with Crippen molar-refractivity contribution < 1.29 is 4.42 Å². The van der Waals surface area contributed by atoms with Crippen molar-refractivity contribution in [1.82, 2.24) is 20.0 Å². The lowest BCUT2D eigenvalue weighted by atomic mass is 9.85. The fraction of sp³-hybridized carbons (Fsp3) is 0.882. The Bertz CT molecular complexity index is 453. The monoisotopic (exact) mass is 306 g/mol. The summed E-state index contributed by atoms with van der Waals surface area (Å²) >= 11 is 0. The molecule has 124 valence electrons. The van der Waals surface area contributed by atoms with E-state index < -0.39 is 0 Å². The lowest BCUT2D eigenvalue weighted by molar-refractivity contribution is 0.107. The highest BCUT2D eigenvalue weighted by molar-refractivity contribution is 4.99. The molecule has 0 radical (unpaired) electrons. The van der Waals surface area contributed by atoms with Crippen LogP contribution in [-0.2, 0) is 0 Å². The molecule has 0 bridgehead atoms. The second kappa shape index (κ2) is 7.55. The molecule has 3 rings (SSSR count). The van der Waals surface area contributed by atoms with Crippen LogP contribution in [0.15, 0.2) is 4.42 Å². The van der Waals surface area contributed by atoms with Gasteiger partial charge in [-0.1, -0.05) is 26.7 Å². The smallest absolute Gasteiger partial charge is 0.233 e. The zero-order valence-corrected chi connectivity index (χ0v) is 14.1. The van der Waals surface area contributed by atoms with Crippen LogP contribution in [0.3, 0.4) is 0 Å². The third kappa shape index (κ3) is 3.51. The first-order chi connectivity index (χ1) is 10.8. The van der Waals surface area contributed by atoms with E-state index in [-0.39, 0.29) is 0 Å². The van der Waals surface area contributed by atoms with Crippen LogP contribution in [0.4, 0.5) is 0 Å². The van der Waals surface area contributed by atoms with E-state index in [2.05, 4.69) is 33.8 Å². The predicted octanol–water partition coefficient (Wildman–Crippen LogP) is 3.21. The summed E-state index contributed by atoms with van der Waals surface area (Å²) in [5.41, 5.74) is 0. The van der Waals surface area contributed by atoms with Gasteiger partial charge in [0.15, 0.2) is 0 Å². The quantitative estimate of drug-likeness (QED) is 0.774. The van der Waals surface area contributed by atoms with E-state index in [0.29, 0.717) is 12.0 Å². The van der Waals surface area contributed by atoms with Crippen molar-refractivity contribution in [1.29, 1.82) is 0 Å². The van der Waals surface area contributed by atoms with Crippen molar-refractivity contribution in [3.8, 4) is 0 Å². The molecule has 0 amide bonds. The van der Waals surface area contributed by atoms with Gasteiger partial charge in [-0.3, -0.25) is 4.90 Å². The van der Waals surface area contributed by atoms with E-state index in [9.17, 15) is 0 Å². The molecule has 0 unspecified atom stereocenters. The maximum Gasteiger partial charge on any atom is 0.233 e. The van der Waals surface area contributed by atoms with Crippen LogP contribution in [0.1, 0.15) is 76.1 Å². The maximum absolute atomic E-state index is 6.04. The minimum atomic E-state index is 0.339. The number of hydrogen-bond acceptors (Lipinski definition) is 5. The third-order valence-corrected chi connectivity index (χ3v) is 5.41. The fourth-order valence-corrected chi connectivity index (χ4v) is 3.55. The van der Waals surface area contributed by atoms with Crippen molar-refractivity contribution in [2.24, 2.45) is 0 Å². The van der Waals surface area contributed by atoms with Gasteiger partial charge in [0.1, 0.15) is 0 Å². The lowest BCUT2D eigenvalue weighted by Gasteiger charge is -2.34. The summed E-state index contributed by atoms with van der Waals surface area (Å²) in [4.78, 5) is 5.04. The topological polar surface area (TPSA) is 45.4 Å². The minimum Gasteiger partial charge on any atom is -0.423 e. The molecule has 0 aromatic carbocycles. The lowest BCUT2D eigenvalue weighted by Crippen LogP contribution is -2.39. The van der Waals surface area contributed by atoms with Crippen LogP contribution in [0.5, 0.6) is 0 Å². The molecule has 5 nitrogen and oxygen atoms in total. The number of nitrogens with zero attached hydrogens (tertiary/aromatic N) is 4. The third-order valence-electron chi connectivity index (χ3n) is 5.41. The van der Waals surface area contributed by atoms with Crippen LogP contribution in [0, 0.1) is 0 Å². The van der Waals surface area contributed by atoms with Gasteiger partial charge in [-0.25, -0.2) is 0 Å². The summed E-state index contributed by atoms with van der Waals surface area (Å²) in [7, 11) is 0. The van der Waals surface area contributed by atoms with Gasteiger partial charge in [0.2, 0.25) is 11.8 Å². The van der Waals surface area contributed by atoms with Crippen molar-refractivity contribution in [2.45, 2.75) is 64.3 Å². The summed E-state index contributed by atoms with van der Waals surface area (Å²) in [5.74, 6) is 2.28. The molecule has 1 saturated carbocycles. The Morgan fingerprint density at radius 2 is 1.82 bits per heavy atom. The maximum atomic E-state index is 6.04. The van der Waals surface area contributed by atoms with Gasteiger partial charge in [-0.2, -0.15) is 0 Å². The number of piperidine rings is 1. The van der Waals surface area contributed by atoms with Gasteiger partial charge in [-0.15, -0.1) is 10.2 Å². The molecular formula is C17H30N4O. The largest absolute Gasteiger partial charge is 0.423 e. The van der Waals surface area contributed by atoms with Crippen LogP contribution >= 0.6 is 0 Å². The Hall–Kier alpha value is -0.940. The molecule has 2 heterocycles. The number of likely N-dealkylation sites (tertiary alicyclic amines) is 1. The summed E-state index contributed by atoms with van der Waals surface area (Å²) < 4.78 is 6.04. The number of likely N-dealkylation sites (N-methyl/N-ethyl adjacent to an activating group) is 1. The molecule has 1 atom stereocenters. The Labute approximate surface area is 134 Å². The molecule has 22 heavy (non-hydrogen) atoms. The Morgan fingerprint density at radius 3 is 2.50 bits per heavy atom. The zero-order chi connectivity index (χ0) is 15.4. The molecule has 1 aliphatic heterocycles. The molecule has 2 fully saturated rings. The number of hydrogen-bond donors (Lipinski definition) is 0. The molecule has 0 N–H and O–H groups in total. The first-order valence-electron chi connectivity index (χ1n) is 9.11. The van der Waals surface area contributed by atoms with E-state index >= 15 is 0 Å². The van der Waals surface area contributed by atoms with E-state index in [1.165, 1.54) is 32.1 Å². The second-order valence-corrected chi connectivity index (χ2v) is 6.68. The first-order valence-corrected chi connectivity index (χ1v) is 9.11. The van der Waals surface area contributed by atoms with Gasteiger partial charge in [-0.05, 0) is 45.3 Å². The molecule has 1 saturated heterocycles. The average Bonchev–Trinajstić information content (AvgIpc) is 2.96. The zero-order valence-electron chi connectivity index (χ0n) is 14.1. The van der Waals surface area contributed by atoms with Crippen LogP contribution in [-0.4, -0.2) is 52.7 Å². The van der Waals surface area contributed by atoms with E-state index in [0.717, 1.165) is 50.9 Å². The standard InChI is InChI=1S/C17H30N4O/c1-3-20(4-2)12-13-21-11-6-5-10-15(21)17-19-18-16(22-17)14-8-7-9-14/h14-15H,3-13H2,1-2H3/t15-/m1/s1. The molecule has 2 aliphatic rings. The Kier molecular flexibility index (Phi) is 5.47. The van der Waals surface area contributed by atoms with Crippen LogP contribution in [0.25, 0.3) is 0 Å². The number of aromatic nitrogens is 2. The summed E-state index contributed by atoms with van der Waals surface area (Å²) in [6, 6.07) is 0.339. The summed E-state index contributed by atoms with van der Waals surface area (Å²) in [5, 5.41) is 8.71. The van der Waals surface area contributed by atoms with Crippen LogP contribution in [0.2, 0.25) is 0 Å². The van der Waals surface area contributed by atoms with E-state index in [4.69, 9.17) is 4.42 Å². The summed E-state index contributed by atoms with van der Waals surface area (Å²) in [6.07, 6.45) is 7.47. The minimum absolute atomic E-state index is 0.339. The Morgan fingerprint density at radius 1 is 1.05 bits per heavy atom. The average molecular weight is 306 g/mol. The molecule has 1 aromatic heterocycles. The molecule has 5 heteroatoms. The van der Waals surface area contributed by atoms with Gasteiger partial charge < -0.3 is 9.32 Å². The molecule has 1 aromatic rings. The van der Waals surface area contributed by atoms with Crippen molar-refractivity contribution >= 4 is 0 Å². The molecule has 1 aliphatic carbocycles. The van der Waals surface area contributed by atoms with Gasteiger partial charge in [0.05, 0.1) is 6.04 Å². The fourth-order valence-electron chi connectivity index (χ4n) is 3.55.